The van der Waals surface area contributed by atoms with Crippen molar-refractivity contribution < 1.29 is 8.42 Å². The molecule has 0 unspecified atom stereocenters. The number of hydrogen-bond acceptors (Lipinski definition) is 5. The lowest BCUT2D eigenvalue weighted by molar-refractivity contribution is 0.548. The Morgan fingerprint density at radius 3 is 2.58 bits per heavy atom. The molecule has 0 bridgehead atoms. The summed E-state index contributed by atoms with van der Waals surface area (Å²) in [5.41, 5.74) is 3.91. The molecule has 1 aliphatic rings. The number of anilines is 2. The summed E-state index contributed by atoms with van der Waals surface area (Å²) in [4.78, 5) is 11.1. The van der Waals surface area contributed by atoms with Gasteiger partial charge in [-0.3, -0.25) is 9.71 Å². The van der Waals surface area contributed by atoms with Crippen molar-refractivity contribution in [2.75, 3.05) is 15.9 Å². The summed E-state index contributed by atoms with van der Waals surface area (Å²) in [6.45, 7) is 1.86. The van der Waals surface area contributed by atoms with Gasteiger partial charge in [0.05, 0.1) is 28.7 Å². The zero-order chi connectivity index (χ0) is 25.4. The molecule has 1 aliphatic heterocycles. The number of benzene rings is 1. The van der Waals surface area contributed by atoms with Gasteiger partial charge in [-0.1, -0.05) is 17.7 Å². The zero-order valence-corrected chi connectivity index (χ0v) is 21.8. The number of halogens is 1. The molecule has 0 amide bonds. The normalized spacial score (nSPS) is 17.8. The van der Waals surface area contributed by atoms with Crippen molar-refractivity contribution >= 4 is 50.3 Å². The smallest absolute Gasteiger partial charge is 0.229 e. The largest absolute Gasteiger partial charge is 0.351 e. The highest BCUT2D eigenvalue weighted by atomic mass is 35.5. The van der Waals surface area contributed by atoms with Crippen LogP contribution in [0.15, 0.2) is 79.3 Å². The molecule has 0 saturated carbocycles. The van der Waals surface area contributed by atoms with Gasteiger partial charge < -0.3 is 14.8 Å². The SMILES string of the molecule is Cc1cc(N2C(=S)N[C@H](c3ccccn3)[C@H]2c2cccn2-c2ccc(Cl)cn2)ccc1NS(C)(=O)=O. The minimum Gasteiger partial charge on any atom is -0.351 e. The number of nitrogens with one attached hydrogen (secondary N) is 2. The Labute approximate surface area is 220 Å². The van der Waals surface area contributed by atoms with Gasteiger partial charge in [0.15, 0.2) is 5.11 Å². The molecule has 184 valence electrons. The van der Waals surface area contributed by atoms with E-state index in [0.29, 0.717) is 15.8 Å². The molecule has 0 aliphatic carbocycles. The quantitative estimate of drug-likeness (QED) is 0.341. The van der Waals surface area contributed by atoms with Crippen molar-refractivity contribution in [1.29, 1.82) is 0 Å². The summed E-state index contributed by atoms with van der Waals surface area (Å²) in [6.07, 6.45) is 6.45. The molecule has 11 heteroatoms. The van der Waals surface area contributed by atoms with Gasteiger partial charge in [0.2, 0.25) is 10.0 Å². The minimum absolute atomic E-state index is 0.242. The summed E-state index contributed by atoms with van der Waals surface area (Å²) in [6, 6.07) is 18.5. The van der Waals surface area contributed by atoms with Crippen LogP contribution in [0.4, 0.5) is 11.4 Å². The number of hydrogen-bond donors (Lipinski definition) is 2. The maximum Gasteiger partial charge on any atom is 0.229 e. The Kier molecular flexibility index (Phi) is 6.42. The van der Waals surface area contributed by atoms with Crippen molar-refractivity contribution in [3.8, 4) is 5.82 Å². The monoisotopic (exact) mass is 538 g/mol. The molecule has 36 heavy (non-hydrogen) atoms. The van der Waals surface area contributed by atoms with E-state index < -0.39 is 10.0 Å². The number of pyridine rings is 2. The number of thiocarbonyl (C=S) groups is 1. The number of aromatic nitrogens is 3. The molecule has 5 rings (SSSR count). The highest BCUT2D eigenvalue weighted by Gasteiger charge is 2.42. The molecule has 1 aromatic carbocycles. The van der Waals surface area contributed by atoms with E-state index >= 15 is 0 Å². The van der Waals surface area contributed by atoms with E-state index in [-0.39, 0.29) is 12.1 Å². The fraction of sp³-hybridized carbons (Fsp3) is 0.160. The van der Waals surface area contributed by atoms with Crippen LogP contribution in [0.1, 0.15) is 29.0 Å². The third-order valence-electron chi connectivity index (χ3n) is 5.92. The van der Waals surface area contributed by atoms with Crippen LogP contribution in [0.5, 0.6) is 0 Å². The third kappa shape index (κ3) is 4.79. The molecule has 4 aromatic rings. The summed E-state index contributed by atoms with van der Waals surface area (Å²) >= 11 is 11.9. The van der Waals surface area contributed by atoms with Gasteiger partial charge in [0, 0.05) is 30.0 Å². The van der Waals surface area contributed by atoms with Crippen LogP contribution >= 0.6 is 23.8 Å². The summed E-state index contributed by atoms with van der Waals surface area (Å²) < 4.78 is 28.1. The minimum atomic E-state index is -3.40. The second kappa shape index (κ2) is 9.53. The Morgan fingerprint density at radius 2 is 1.92 bits per heavy atom. The van der Waals surface area contributed by atoms with Crippen LogP contribution in [-0.2, 0) is 10.0 Å². The summed E-state index contributed by atoms with van der Waals surface area (Å²) in [5.74, 6) is 0.723. The molecule has 4 heterocycles. The first-order valence-corrected chi connectivity index (χ1v) is 13.8. The average Bonchev–Trinajstić information content (AvgIpc) is 3.45. The number of sulfonamides is 1. The first kappa shape index (κ1) is 24.2. The molecule has 2 atom stereocenters. The highest BCUT2D eigenvalue weighted by molar-refractivity contribution is 7.92. The Bertz CT molecular complexity index is 1520. The van der Waals surface area contributed by atoms with Crippen LogP contribution < -0.4 is 14.9 Å². The highest BCUT2D eigenvalue weighted by Crippen LogP contribution is 2.42. The average molecular weight is 539 g/mol. The lowest BCUT2D eigenvalue weighted by Gasteiger charge is -2.29. The van der Waals surface area contributed by atoms with Gasteiger partial charge in [0.25, 0.3) is 0 Å². The maximum atomic E-state index is 11.8. The first-order valence-electron chi connectivity index (χ1n) is 11.1. The van der Waals surface area contributed by atoms with E-state index in [1.54, 1.807) is 24.5 Å². The molecular weight excluding hydrogens is 516 g/mol. The van der Waals surface area contributed by atoms with Crippen molar-refractivity contribution in [2.24, 2.45) is 0 Å². The third-order valence-corrected chi connectivity index (χ3v) is 7.05. The number of nitrogens with zero attached hydrogens (tertiary/aromatic N) is 4. The first-order chi connectivity index (χ1) is 17.2. The molecule has 1 fully saturated rings. The van der Waals surface area contributed by atoms with Crippen molar-refractivity contribution in [1.82, 2.24) is 19.9 Å². The standard InChI is InChI=1S/C25H23ClN6O2S2/c1-16-14-18(9-10-19(16)30-36(2,33)34)32-24(23(29-25(32)35)20-6-3-4-12-27-20)21-7-5-13-31(21)22-11-8-17(26)15-28-22/h3-15,23-24,30H,1-2H3,(H,29,35)/t23-,24-/m1/s1. The Hall–Kier alpha value is -3.47. The fourth-order valence-electron chi connectivity index (χ4n) is 4.40. The van der Waals surface area contributed by atoms with Crippen LogP contribution in [-0.4, -0.2) is 34.3 Å². The predicted molar refractivity (Wildman–Crippen MR) is 146 cm³/mol. The van der Waals surface area contributed by atoms with Gasteiger partial charge in [-0.2, -0.15) is 0 Å². The van der Waals surface area contributed by atoms with Crippen molar-refractivity contribution in [2.45, 2.75) is 19.0 Å². The van der Waals surface area contributed by atoms with E-state index in [1.807, 2.05) is 71.1 Å². The predicted octanol–water partition coefficient (Wildman–Crippen LogP) is 4.78. The van der Waals surface area contributed by atoms with E-state index in [1.165, 1.54) is 0 Å². The summed E-state index contributed by atoms with van der Waals surface area (Å²) in [5, 5.41) is 4.54. The molecule has 3 aromatic heterocycles. The number of rotatable bonds is 6. The van der Waals surface area contributed by atoms with Gasteiger partial charge in [-0.25, -0.2) is 13.4 Å². The second-order valence-corrected chi connectivity index (χ2v) is 11.1. The topological polar surface area (TPSA) is 92.2 Å². The van der Waals surface area contributed by atoms with E-state index in [9.17, 15) is 8.42 Å². The van der Waals surface area contributed by atoms with Gasteiger partial charge in [0.1, 0.15) is 11.9 Å². The Morgan fingerprint density at radius 1 is 1.08 bits per heavy atom. The van der Waals surface area contributed by atoms with Gasteiger partial charge in [-0.05, 0) is 79.3 Å². The van der Waals surface area contributed by atoms with Crippen LogP contribution in [0.2, 0.25) is 5.02 Å². The number of aryl methyl sites for hydroxylation is 1. The van der Waals surface area contributed by atoms with E-state index in [4.69, 9.17) is 23.8 Å². The van der Waals surface area contributed by atoms with Crippen LogP contribution in [0.3, 0.4) is 0 Å². The molecule has 0 spiro atoms. The van der Waals surface area contributed by atoms with E-state index in [2.05, 4.69) is 20.0 Å². The Balaban J connectivity index is 1.63. The molecule has 8 nitrogen and oxygen atoms in total. The summed E-state index contributed by atoms with van der Waals surface area (Å²) in [7, 11) is -3.40. The van der Waals surface area contributed by atoms with Crippen molar-refractivity contribution in [3.05, 3.63) is 101 Å². The molecule has 1 saturated heterocycles. The van der Waals surface area contributed by atoms with E-state index in [0.717, 1.165) is 34.7 Å². The van der Waals surface area contributed by atoms with Crippen molar-refractivity contribution in [3.63, 3.8) is 0 Å². The lowest BCUT2D eigenvalue weighted by Crippen LogP contribution is -2.30. The lowest BCUT2D eigenvalue weighted by atomic mass is 10.0. The second-order valence-electron chi connectivity index (χ2n) is 8.51. The fourth-order valence-corrected chi connectivity index (χ4v) is 5.49. The van der Waals surface area contributed by atoms with Gasteiger partial charge in [-0.15, -0.1) is 0 Å². The van der Waals surface area contributed by atoms with Crippen LogP contribution in [0.25, 0.3) is 5.82 Å². The van der Waals surface area contributed by atoms with Crippen LogP contribution in [0, 0.1) is 6.92 Å². The zero-order valence-electron chi connectivity index (χ0n) is 19.5. The maximum absolute atomic E-state index is 11.8. The van der Waals surface area contributed by atoms with Gasteiger partial charge >= 0.3 is 0 Å². The molecule has 2 N–H and O–H groups in total. The molecule has 0 radical (unpaired) electrons. The molecular formula is C25H23ClN6O2S2.